The first-order valence-electron chi connectivity index (χ1n) is 10.6. The number of carbonyl (C=O) groups is 1. The van der Waals surface area contributed by atoms with Crippen LogP contribution in [-0.2, 0) is 17.7 Å². The zero-order valence-electron chi connectivity index (χ0n) is 17.2. The van der Waals surface area contributed by atoms with E-state index in [1.807, 2.05) is 65.7 Å². The lowest BCUT2D eigenvalue weighted by Crippen LogP contribution is -2.39. The summed E-state index contributed by atoms with van der Waals surface area (Å²) in [6, 6.07) is 16.9. The molecular formula is C24H24N4O3. The Kier molecular flexibility index (Phi) is 5.50. The van der Waals surface area contributed by atoms with Crippen LogP contribution in [0.15, 0.2) is 60.8 Å². The lowest BCUT2D eigenvalue weighted by atomic mass is 10.1. The molecular weight excluding hydrogens is 392 g/mol. The van der Waals surface area contributed by atoms with E-state index < -0.39 is 0 Å². The van der Waals surface area contributed by atoms with Crippen LogP contribution in [0.4, 0.5) is 5.95 Å². The molecule has 5 rings (SSSR count). The first-order chi connectivity index (χ1) is 15.3. The normalized spacial score (nSPS) is 16.0. The molecule has 0 aliphatic carbocycles. The Bertz CT molecular complexity index is 1050. The summed E-state index contributed by atoms with van der Waals surface area (Å²) in [6.45, 7) is 4.12. The highest BCUT2D eigenvalue weighted by atomic mass is 16.5. The van der Waals surface area contributed by atoms with Crippen LogP contribution in [0.1, 0.15) is 21.6 Å². The Morgan fingerprint density at radius 3 is 2.45 bits per heavy atom. The number of fused-ring (bicyclic) bond motifs is 1. The molecule has 3 heterocycles. The highest BCUT2D eigenvalue weighted by Crippen LogP contribution is 2.24. The maximum Gasteiger partial charge on any atom is 0.254 e. The van der Waals surface area contributed by atoms with Crippen molar-refractivity contribution in [1.82, 2.24) is 14.9 Å². The van der Waals surface area contributed by atoms with Crippen molar-refractivity contribution in [2.75, 3.05) is 37.7 Å². The fourth-order valence-electron chi connectivity index (χ4n) is 3.85. The number of para-hydroxylation sites is 1. The Morgan fingerprint density at radius 1 is 0.935 bits per heavy atom. The number of anilines is 1. The van der Waals surface area contributed by atoms with Crippen LogP contribution in [0.5, 0.6) is 11.5 Å². The van der Waals surface area contributed by atoms with E-state index in [0.717, 1.165) is 42.5 Å². The lowest BCUT2D eigenvalue weighted by molar-refractivity contribution is 0.0731. The summed E-state index contributed by atoms with van der Waals surface area (Å²) in [5.74, 6) is 2.20. The second-order valence-electron chi connectivity index (χ2n) is 7.66. The van der Waals surface area contributed by atoms with Crippen LogP contribution in [-0.4, -0.2) is 53.6 Å². The van der Waals surface area contributed by atoms with Crippen molar-refractivity contribution < 1.29 is 14.3 Å². The molecule has 0 bridgehead atoms. The molecule has 1 fully saturated rings. The monoisotopic (exact) mass is 416 g/mol. The Labute approximate surface area is 181 Å². The van der Waals surface area contributed by atoms with E-state index >= 15 is 0 Å². The predicted molar refractivity (Wildman–Crippen MR) is 116 cm³/mol. The van der Waals surface area contributed by atoms with Gasteiger partial charge in [-0.1, -0.05) is 18.2 Å². The second-order valence-corrected chi connectivity index (χ2v) is 7.66. The van der Waals surface area contributed by atoms with Gasteiger partial charge in [-0.05, 0) is 48.4 Å². The van der Waals surface area contributed by atoms with Crippen LogP contribution in [0, 0.1) is 0 Å². The number of carbonyl (C=O) groups excluding carboxylic acids is 1. The van der Waals surface area contributed by atoms with Gasteiger partial charge >= 0.3 is 0 Å². The molecule has 31 heavy (non-hydrogen) atoms. The first kappa shape index (κ1) is 19.5. The molecule has 7 nitrogen and oxygen atoms in total. The summed E-state index contributed by atoms with van der Waals surface area (Å²) in [7, 11) is 0. The molecule has 1 amide bonds. The van der Waals surface area contributed by atoms with Gasteiger partial charge in [0.2, 0.25) is 5.95 Å². The van der Waals surface area contributed by atoms with Crippen LogP contribution in [0.2, 0.25) is 0 Å². The minimum absolute atomic E-state index is 0.00319. The summed E-state index contributed by atoms with van der Waals surface area (Å²) in [5.41, 5.74) is 2.69. The number of benzene rings is 2. The standard InChI is InChI=1S/C24H24N4O3/c29-23(18-6-8-21(9-7-18)31-20-4-2-1-3-5-20)28-11-10-19-16-25-24(26-22(19)17-28)27-12-14-30-15-13-27/h1-9,16H,10-15,17H2. The van der Waals surface area contributed by atoms with Crippen LogP contribution in [0.25, 0.3) is 0 Å². The van der Waals surface area contributed by atoms with E-state index in [1.54, 1.807) is 0 Å². The predicted octanol–water partition coefficient (Wildman–Crippen LogP) is 3.30. The smallest absolute Gasteiger partial charge is 0.254 e. The summed E-state index contributed by atoms with van der Waals surface area (Å²) in [5, 5.41) is 0. The highest BCUT2D eigenvalue weighted by Gasteiger charge is 2.24. The van der Waals surface area contributed by atoms with Gasteiger partial charge in [-0.2, -0.15) is 0 Å². The van der Waals surface area contributed by atoms with Crippen LogP contribution in [0.3, 0.4) is 0 Å². The zero-order valence-corrected chi connectivity index (χ0v) is 17.2. The number of rotatable bonds is 4. The van der Waals surface area contributed by atoms with Gasteiger partial charge in [0.15, 0.2) is 0 Å². The fourth-order valence-corrected chi connectivity index (χ4v) is 3.85. The van der Waals surface area contributed by atoms with Crippen molar-refractivity contribution in [2.24, 2.45) is 0 Å². The summed E-state index contributed by atoms with van der Waals surface area (Å²) in [4.78, 5) is 26.4. The van der Waals surface area contributed by atoms with Gasteiger partial charge in [-0.25, -0.2) is 9.97 Å². The van der Waals surface area contributed by atoms with Crippen molar-refractivity contribution in [3.63, 3.8) is 0 Å². The molecule has 0 saturated carbocycles. The van der Waals surface area contributed by atoms with Gasteiger partial charge in [0.25, 0.3) is 5.91 Å². The number of hydrogen-bond acceptors (Lipinski definition) is 6. The summed E-state index contributed by atoms with van der Waals surface area (Å²) >= 11 is 0. The molecule has 2 aliphatic rings. The number of amides is 1. The SMILES string of the molecule is O=C(c1ccc(Oc2ccccc2)cc1)N1CCc2cnc(N3CCOCC3)nc2C1. The van der Waals surface area contributed by atoms with E-state index in [2.05, 4.69) is 9.88 Å². The van der Waals surface area contributed by atoms with Gasteiger partial charge in [-0.15, -0.1) is 0 Å². The number of aromatic nitrogens is 2. The third kappa shape index (κ3) is 4.36. The van der Waals surface area contributed by atoms with E-state index in [1.165, 1.54) is 0 Å². The van der Waals surface area contributed by atoms with Crippen LogP contribution < -0.4 is 9.64 Å². The summed E-state index contributed by atoms with van der Waals surface area (Å²) < 4.78 is 11.2. The van der Waals surface area contributed by atoms with Gasteiger partial charge < -0.3 is 19.3 Å². The average molecular weight is 416 g/mol. The minimum Gasteiger partial charge on any atom is -0.457 e. The van der Waals surface area contributed by atoms with Crippen LogP contribution >= 0.6 is 0 Å². The molecule has 0 unspecified atom stereocenters. The molecule has 158 valence electrons. The van der Waals surface area contributed by atoms with Crippen molar-refractivity contribution in [3.05, 3.63) is 77.6 Å². The van der Waals surface area contributed by atoms with E-state index in [-0.39, 0.29) is 5.91 Å². The highest BCUT2D eigenvalue weighted by molar-refractivity contribution is 5.94. The Balaban J connectivity index is 1.27. The first-order valence-corrected chi connectivity index (χ1v) is 10.6. The molecule has 0 spiro atoms. The number of nitrogens with zero attached hydrogens (tertiary/aromatic N) is 4. The molecule has 1 aromatic heterocycles. The van der Waals surface area contributed by atoms with Crippen molar-refractivity contribution in [3.8, 4) is 11.5 Å². The number of morpholine rings is 1. The Morgan fingerprint density at radius 2 is 1.68 bits per heavy atom. The maximum atomic E-state index is 13.1. The van der Waals surface area contributed by atoms with Gasteiger partial charge in [-0.3, -0.25) is 4.79 Å². The maximum absolute atomic E-state index is 13.1. The lowest BCUT2D eigenvalue weighted by Gasteiger charge is -2.30. The number of ether oxygens (including phenoxy) is 2. The van der Waals surface area contributed by atoms with Gasteiger partial charge in [0.05, 0.1) is 25.5 Å². The topological polar surface area (TPSA) is 67.8 Å². The third-order valence-electron chi connectivity index (χ3n) is 5.59. The molecule has 0 atom stereocenters. The molecule has 2 aliphatic heterocycles. The molecule has 3 aromatic rings. The average Bonchev–Trinajstić information content (AvgIpc) is 2.84. The quantitative estimate of drug-likeness (QED) is 0.650. The molecule has 0 N–H and O–H groups in total. The van der Waals surface area contributed by atoms with Crippen molar-refractivity contribution in [1.29, 1.82) is 0 Å². The van der Waals surface area contributed by atoms with E-state index in [4.69, 9.17) is 14.5 Å². The summed E-state index contributed by atoms with van der Waals surface area (Å²) in [6.07, 6.45) is 2.67. The Hall–Kier alpha value is -3.45. The second kappa shape index (κ2) is 8.73. The van der Waals surface area contributed by atoms with Crippen molar-refractivity contribution in [2.45, 2.75) is 13.0 Å². The molecule has 7 heteroatoms. The number of hydrogen-bond donors (Lipinski definition) is 0. The molecule has 0 radical (unpaired) electrons. The minimum atomic E-state index is 0.00319. The van der Waals surface area contributed by atoms with E-state index in [0.29, 0.717) is 37.6 Å². The fraction of sp³-hybridized carbons (Fsp3) is 0.292. The van der Waals surface area contributed by atoms with Crippen molar-refractivity contribution >= 4 is 11.9 Å². The largest absolute Gasteiger partial charge is 0.457 e. The molecule has 1 saturated heterocycles. The zero-order chi connectivity index (χ0) is 21.0. The molecule has 2 aromatic carbocycles. The van der Waals surface area contributed by atoms with E-state index in [9.17, 15) is 4.79 Å². The van der Waals surface area contributed by atoms with Gasteiger partial charge in [0.1, 0.15) is 11.5 Å². The third-order valence-corrected chi connectivity index (χ3v) is 5.59. The van der Waals surface area contributed by atoms with Gasteiger partial charge in [0, 0.05) is 31.4 Å².